The fraction of sp³-hybridized carbons (Fsp3) is 0.154. The molecule has 0 unspecified atom stereocenters. The second-order valence-corrected chi connectivity index (χ2v) is 8.43. The lowest BCUT2D eigenvalue weighted by molar-refractivity contribution is 0.102. The Hall–Kier alpha value is -3.62. The Balaban J connectivity index is 0.00000103. The summed E-state index contributed by atoms with van der Waals surface area (Å²) in [6.45, 7) is 3.96. The smallest absolute Gasteiger partial charge is 0.255 e. The predicted molar refractivity (Wildman–Crippen MR) is 142 cm³/mol. The number of carbonyl (C=O) groups is 1. The van der Waals surface area contributed by atoms with Crippen LogP contribution in [0, 0.1) is 13.8 Å². The summed E-state index contributed by atoms with van der Waals surface area (Å²) in [5.41, 5.74) is 5.84. The molecule has 34 heavy (non-hydrogen) atoms. The van der Waals surface area contributed by atoms with Gasteiger partial charge in [0, 0.05) is 45.6 Å². The third-order valence-corrected chi connectivity index (χ3v) is 5.64. The zero-order valence-electron chi connectivity index (χ0n) is 19.6. The average Bonchev–Trinajstić information content (AvgIpc) is 2.84. The van der Waals surface area contributed by atoms with Gasteiger partial charge in [0.2, 0.25) is 5.95 Å². The molecule has 0 fully saturated rings. The van der Waals surface area contributed by atoms with Gasteiger partial charge in [-0.05, 0) is 81.5 Å². The van der Waals surface area contributed by atoms with Crippen molar-refractivity contribution < 1.29 is 4.79 Å². The van der Waals surface area contributed by atoms with Crippen LogP contribution in [-0.2, 0) is 0 Å². The van der Waals surface area contributed by atoms with Crippen molar-refractivity contribution in [1.29, 1.82) is 0 Å². The minimum atomic E-state index is -0.176. The molecule has 2 heterocycles. The maximum atomic E-state index is 12.7. The van der Waals surface area contributed by atoms with Crippen molar-refractivity contribution in [3.8, 4) is 11.3 Å². The van der Waals surface area contributed by atoms with Gasteiger partial charge in [0.1, 0.15) is 0 Å². The topological polar surface area (TPSA) is 91.8 Å². The van der Waals surface area contributed by atoms with Crippen molar-refractivity contribution in [2.75, 3.05) is 24.7 Å². The van der Waals surface area contributed by atoms with Gasteiger partial charge in [-0.3, -0.25) is 9.78 Å². The average molecular weight is 519 g/mol. The molecular formula is C26H27BrN6O. The quantitative estimate of drug-likeness (QED) is 0.311. The molecular weight excluding hydrogens is 492 g/mol. The highest BCUT2D eigenvalue weighted by Crippen LogP contribution is 2.25. The molecule has 0 spiro atoms. The van der Waals surface area contributed by atoms with Gasteiger partial charge in [0.15, 0.2) is 0 Å². The Kier molecular flexibility index (Phi) is 8.84. The van der Waals surface area contributed by atoms with Crippen LogP contribution in [0.4, 0.5) is 17.3 Å². The van der Waals surface area contributed by atoms with E-state index in [2.05, 4.69) is 46.8 Å². The van der Waals surface area contributed by atoms with Crippen molar-refractivity contribution in [2.24, 2.45) is 0 Å². The molecule has 3 N–H and O–H groups in total. The molecule has 0 atom stereocenters. The van der Waals surface area contributed by atoms with Gasteiger partial charge in [-0.25, -0.2) is 9.97 Å². The first-order chi connectivity index (χ1) is 16.4. The number of nitrogens with zero attached hydrogens (tertiary/aromatic N) is 3. The van der Waals surface area contributed by atoms with Crippen LogP contribution >= 0.6 is 15.9 Å². The van der Waals surface area contributed by atoms with E-state index in [1.807, 2.05) is 76.5 Å². The number of carbonyl (C=O) groups excluding carboxylic acids is 1. The maximum absolute atomic E-state index is 12.7. The normalized spacial score (nSPS) is 10.1. The van der Waals surface area contributed by atoms with Crippen LogP contribution in [0.5, 0.6) is 0 Å². The molecule has 8 heteroatoms. The minimum Gasteiger partial charge on any atom is -0.324 e. The van der Waals surface area contributed by atoms with E-state index in [0.29, 0.717) is 17.2 Å². The molecule has 2 aromatic heterocycles. The highest BCUT2D eigenvalue weighted by molar-refractivity contribution is 9.10. The number of rotatable bonds is 5. The summed E-state index contributed by atoms with van der Waals surface area (Å²) in [5, 5.41) is 8.95. The highest BCUT2D eigenvalue weighted by atomic mass is 79.9. The number of aromatic nitrogens is 3. The molecule has 0 saturated carbocycles. The Morgan fingerprint density at radius 1 is 0.941 bits per heavy atom. The summed E-state index contributed by atoms with van der Waals surface area (Å²) in [7, 11) is 3.75. The van der Waals surface area contributed by atoms with E-state index in [0.717, 1.165) is 32.5 Å². The van der Waals surface area contributed by atoms with Crippen molar-refractivity contribution >= 4 is 39.2 Å². The zero-order chi connectivity index (χ0) is 24.5. The second kappa shape index (κ2) is 12.0. The van der Waals surface area contributed by atoms with Gasteiger partial charge in [0.25, 0.3) is 5.91 Å². The van der Waals surface area contributed by atoms with E-state index in [1.165, 1.54) is 0 Å². The monoisotopic (exact) mass is 518 g/mol. The van der Waals surface area contributed by atoms with Crippen molar-refractivity contribution in [3.05, 3.63) is 94.4 Å². The summed E-state index contributed by atoms with van der Waals surface area (Å²) in [5.74, 6) is 0.292. The molecule has 0 aliphatic carbocycles. The first-order valence-corrected chi connectivity index (χ1v) is 11.5. The van der Waals surface area contributed by atoms with E-state index < -0.39 is 0 Å². The maximum Gasteiger partial charge on any atom is 0.255 e. The number of hydrogen-bond donors (Lipinski definition) is 3. The van der Waals surface area contributed by atoms with E-state index in [9.17, 15) is 4.79 Å². The van der Waals surface area contributed by atoms with E-state index in [4.69, 9.17) is 0 Å². The third-order valence-electron chi connectivity index (χ3n) is 4.79. The standard InChI is InChI=1S/C24H20BrN5O.C2H7N/c1-15-5-7-17(12-20(15)25)23(31)28-19-8-6-16(2)22(13-19)30-24-27-11-9-21(29-24)18-4-3-10-26-14-18;1-3-2/h3-14H,1-2H3,(H,28,31)(H,27,29,30);3H,1-2H3. The summed E-state index contributed by atoms with van der Waals surface area (Å²) < 4.78 is 0.900. The lowest BCUT2D eigenvalue weighted by atomic mass is 10.1. The number of nitrogens with one attached hydrogen (secondary N) is 3. The fourth-order valence-electron chi connectivity index (χ4n) is 2.99. The SMILES string of the molecule is CNC.Cc1ccc(C(=O)Nc2ccc(C)c(Nc3nccc(-c4cccnc4)n3)c2)cc1Br. The number of anilines is 3. The molecule has 0 bridgehead atoms. The van der Waals surface area contributed by atoms with E-state index >= 15 is 0 Å². The van der Waals surface area contributed by atoms with Crippen LogP contribution in [0.25, 0.3) is 11.3 Å². The Labute approximate surface area is 208 Å². The lowest BCUT2D eigenvalue weighted by Gasteiger charge is -2.12. The Morgan fingerprint density at radius 3 is 2.41 bits per heavy atom. The molecule has 4 aromatic rings. The van der Waals surface area contributed by atoms with Gasteiger partial charge in [0.05, 0.1) is 5.69 Å². The molecule has 0 aliphatic rings. The number of halogens is 1. The second-order valence-electron chi connectivity index (χ2n) is 7.58. The van der Waals surface area contributed by atoms with Gasteiger partial charge < -0.3 is 16.0 Å². The van der Waals surface area contributed by atoms with Crippen LogP contribution in [-0.4, -0.2) is 35.0 Å². The lowest BCUT2D eigenvalue weighted by Crippen LogP contribution is -2.12. The highest BCUT2D eigenvalue weighted by Gasteiger charge is 2.10. The van der Waals surface area contributed by atoms with E-state index in [1.54, 1.807) is 24.7 Å². The first kappa shape index (κ1) is 25.0. The summed E-state index contributed by atoms with van der Waals surface area (Å²) in [4.78, 5) is 25.7. The molecule has 0 radical (unpaired) electrons. The third kappa shape index (κ3) is 6.69. The van der Waals surface area contributed by atoms with Crippen molar-refractivity contribution in [2.45, 2.75) is 13.8 Å². The number of pyridine rings is 1. The first-order valence-electron chi connectivity index (χ1n) is 10.7. The Morgan fingerprint density at radius 2 is 1.71 bits per heavy atom. The van der Waals surface area contributed by atoms with Crippen LogP contribution in [0.15, 0.2) is 77.7 Å². The van der Waals surface area contributed by atoms with Gasteiger partial charge in [-0.2, -0.15) is 0 Å². The van der Waals surface area contributed by atoms with Crippen LogP contribution in [0.2, 0.25) is 0 Å². The van der Waals surface area contributed by atoms with Crippen molar-refractivity contribution in [3.63, 3.8) is 0 Å². The number of hydrogen-bond acceptors (Lipinski definition) is 6. The summed E-state index contributed by atoms with van der Waals surface area (Å²) >= 11 is 3.47. The Bertz CT molecular complexity index is 1260. The predicted octanol–water partition coefficient (Wildman–Crippen LogP) is 5.75. The van der Waals surface area contributed by atoms with Crippen LogP contribution < -0.4 is 16.0 Å². The zero-order valence-corrected chi connectivity index (χ0v) is 21.1. The summed E-state index contributed by atoms with van der Waals surface area (Å²) in [6, 6.07) is 16.9. The minimum absolute atomic E-state index is 0.176. The van der Waals surface area contributed by atoms with Gasteiger partial charge in [-0.1, -0.05) is 28.1 Å². The van der Waals surface area contributed by atoms with Crippen LogP contribution in [0.3, 0.4) is 0 Å². The number of benzene rings is 2. The van der Waals surface area contributed by atoms with Gasteiger partial charge in [-0.15, -0.1) is 0 Å². The molecule has 1 amide bonds. The van der Waals surface area contributed by atoms with E-state index in [-0.39, 0.29) is 5.91 Å². The molecule has 174 valence electrons. The molecule has 0 saturated heterocycles. The van der Waals surface area contributed by atoms with Crippen LogP contribution in [0.1, 0.15) is 21.5 Å². The molecule has 7 nitrogen and oxygen atoms in total. The summed E-state index contributed by atoms with van der Waals surface area (Å²) in [6.07, 6.45) is 5.19. The number of aryl methyl sites for hydroxylation is 2. The molecule has 2 aromatic carbocycles. The fourth-order valence-corrected chi connectivity index (χ4v) is 3.37. The number of amides is 1. The molecule has 0 aliphatic heterocycles. The largest absolute Gasteiger partial charge is 0.324 e. The molecule has 4 rings (SSSR count). The van der Waals surface area contributed by atoms with Gasteiger partial charge >= 0.3 is 0 Å². The van der Waals surface area contributed by atoms with Crippen molar-refractivity contribution in [1.82, 2.24) is 20.3 Å².